The smallest absolute Gasteiger partial charge is 0.341 e. The van der Waals surface area contributed by atoms with Crippen molar-refractivity contribution < 1.29 is 23.8 Å². The lowest BCUT2D eigenvalue weighted by molar-refractivity contribution is -0.139. The Labute approximate surface area is 150 Å². The predicted molar refractivity (Wildman–Crippen MR) is 93.6 cm³/mol. The highest BCUT2D eigenvalue weighted by molar-refractivity contribution is 5.91. The number of benzene rings is 2. The van der Waals surface area contributed by atoms with E-state index in [-0.39, 0.29) is 18.3 Å². The number of carboxylic acid groups (broad SMARTS) is 1. The molecule has 2 aromatic carbocycles. The van der Waals surface area contributed by atoms with E-state index in [0.717, 1.165) is 24.0 Å². The van der Waals surface area contributed by atoms with E-state index >= 15 is 0 Å². The van der Waals surface area contributed by atoms with E-state index in [1.54, 1.807) is 24.3 Å². The predicted octanol–water partition coefficient (Wildman–Crippen LogP) is 2.68. The summed E-state index contributed by atoms with van der Waals surface area (Å²) in [6, 6.07) is 13.2. The van der Waals surface area contributed by atoms with Crippen LogP contribution in [0.3, 0.4) is 0 Å². The molecule has 0 spiro atoms. The monoisotopic (exact) mass is 357 g/mol. The van der Waals surface area contributed by atoms with Crippen molar-refractivity contribution in [2.45, 2.75) is 24.7 Å². The maximum atomic E-state index is 13.1. The normalized spacial score (nSPS) is 14.5. The summed E-state index contributed by atoms with van der Waals surface area (Å²) >= 11 is 0. The third-order valence-corrected chi connectivity index (χ3v) is 4.57. The zero-order valence-corrected chi connectivity index (χ0v) is 14.2. The van der Waals surface area contributed by atoms with Gasteiger partial charge in [-0.05, 0) is 54.7 Å². The highest BCUT2D eigenvalue weighted by atomic mass is 19.1. The van der Waals surface area contributed by atoms with Crippen LogP contribution in [-0.2, 0) is 21.4 Å². The molecule has 0 aliphatic heterocycles. The molecule has 1 aliphatic carbocycles. The van der Waals surface area contributed by atoms with E-state index in [2.05, 4.69) is 5.32 Å². The molecule has 0 aromatic heterocycles. The van der Waals surface area contributed by atoms with Crippen LogP contribution in [0.5, 0.6) is 5.75 Å². The standard InChI is InChI=1S/C20H20FNO4/c21-16-5-3-15(4-6-16)20(10-11-20)19(25)22-12-9-14-1-7-17(8-2-14)26-13-18(23)24/h1-8H,9-13H2,(H,22,25)(H,23,24). The van der Waals surface area contributed by atoms with Crippen LogP contribution in [0.25, 0.3) is 0 Å². The number of hydrogen-bond donors (Lipinski definition) is 2. The maximum absolute atomic E-state index is 13.1. The molecule has 2 aromatic rings. The van der Waals surface area contributed by atoms with Gasteiger partial charge in [-0.25, -0.2) is 9.18 Å². The summed E-state index contributed by atoms with van der Waals surface area (Å²) in [6.07, 6.45) is 2.21. The Bertz CT molecular complexity index is 782. The molecule has 5 nitrogen and oxygen atoms in total. The first-order valence-corrected chi connectivity index (χ1v) is 8.47. The van der Waals surface area contributed by atoms with Crippen LogP contribution in [0.2, 0.25) is 0 Å². The van der Waals surface area contributed by atoms with Gasteiger partial charge < -0.3 is 15.2 Å². The average Bonchev–Trinajstić information content (AvgIpc) is 3.43. The average molecular weight is 357 g/mol. The largest absolute Gasteiger partial charge is 0.482 e. The molecule has 0 bridgehead atoms. The van der Waals surface area contributed by atoms with Gasteiger partial charge in [-0.1, -0.05) is 24.3 Å². The van der Waals surface area contributed by atoms with Crippen molar-refractivity contribution in [2.24, 2.45) is 0 Å². The van der Waals surface area contributed by atoms with Crippen molar-refractivity contribution in [1.29, 1.82) is 0 Å². The summed E-state index contributed by atoms with van der Waals surface area (Å²) in [5.41, 5.74) is 1.36. The van der Waals surface area contributed by atoms with E-state index in [0.29, 0.717) is 18.7 Å². The van der Waals surface area contributed by atoms with Crippen LogP contribution in [0.15, 0.2) is 48.5 Å². The molecule has 1 fully saturated rings. The second-order valence-electron chi connectivity index (χ2n) is 6.42. The lowest BCUT2D eigenvalue weighted by atomic mass is 9.95. The first-order valence-electron chi connectivity index (χ1n) is 8.47. The molecule has 1 aliphatic rings. The van der Waals surface area contributed by atoms with E-state index in [9.17, 15) is 14.0 Å². The number of hydrogen-bond acceptors (Lipinski definition) is 3. The fourth-order valence-electron chi connectivity index (χ4n) is 2.93. The van der Waals surface area contributed by atoms with E-state index in [1.165, 1.54) is 12.1 Å². The first-order chi connectivity index (χ1) is 12.5. The van der Waals surface area contributed by atoms with Crippen LogP contribution < -0.4 is 10.1 Å². The van der Waals surface area contributed by atoms with Crippen LogP contribution in [0.4, 0.5) is 4.39 Å². The molecule has 0 heterocycles. The summed E-state index contributed by atoms with van der Waals surface area (Å²) in [5, 5.41) is 11.5. The van der Waals surface area contributed by atoms with Crippen molar-refractivity contribution in [3.05, 3.63) is 65.5 Å². The van der Waals surface area contributed by atoms with Crippen LogP contribution in [-0.4, -0.2) is 30.1 Å². The Balaban J connectivity index is 1.49. The quantitative estimate of drug-likeness (QED) is 0.762. The minimum absolute atomic E-state index is 0.0227. The fourth-order valence-corrected chi connectivity index (χ4v) is 2.93. The Morgan fingerprint density at radius 2 is 1.73 bits per heavy atom. The SMILES string of the molecule is O=C(O)COc1ccc(CCNC(=O)C2(c3ccc(F)cc3)CC2)cc1. The fraction of sp³-hybridized carbons (Fsp3) is 0.300. The third-order valence-electron chi connectivity index (χ3n) is 4.57. The van der Waals surface area contributed by atoms with Crippen molar-refractivity contribution in [3.8, 4) is 5.75 Å². The third kappa shape index (κ3) is 4.20. The van der Waals surface area contributed by atoms with Gasteiger partial charge >= 0.3 is 5.97 Å². The maximum Gasteiger partial charge on any atom is 0.341 e. The Hall–Kier alpha value is -2.89. The summed E-state index contributed by atoms with van der Waals surface area (Å²) < 4.78 is 18.1. The Kier molecular flexibility index (Phi) is 5.21. The van der Waals surface area contributed by atoms with Crippen molar-refractivity contribution in [3.63, 3.8) is 0 Å². The number of carbonyl (C=O) groups is 2. The molecule has 0 unspecified atom stereocenters. The molecule has 0 atom stereocenters. The second-order valence-corrected chi connectivity index (χ2v) is 6.42. The number of ether oxygens (including phenoxy) is 1. The van der Waals surface area contributed by atoms with Gasteiger partial charge in [0.2, 0.25) is 5.91 Å². The molecule has 0 radical (unpaired) electrons. The van der Waals surface area contributed by atoms with Crippen molar-refractivity contribution in [2.75, 3.05) is 13.2 Å². The highest BCUT2D eigenvalue weighted by Gasteiger charge is 2.50. The Morgan fingerprint density at radius 1 is 1.08 bits per heavy atom. The molecule has 6 heteroatoms. The van der Waals surface area contributed by atoms with Gasteiger partial charge in [-0.3, -0.25) is 4.79 Å². The summed E-state index contributed by atoms with van der Waals surface area (Å²) in [7, 11) is 0. The summed E-state index contributed by atoms with van der Waals surface area (Å²) in [4.78, 5) is 23.0. The van der Waals surface area contributed by atoms with Crippen LogP contribution in [0.1, 0.15) is 24.0 Å². The van der Waals surface area contributed by atoms with Gasteiger partial charge in [0, 0.05) is 6.54 Å². The number of rotatable bonds is 8. The molecule has 136 valence electrons. The first kappa shape index (κ1) is 17.9. The van der Waals surface area contributed by atoms with Gasteiger partial charge in [0.1, 0.15) is 11.6 Å². The topological polar surface area (TPSA) is 75.6 Å². The zero-order valence-electron chi connectivity index (χ0n) is 14.2. The number of amides is 1. The molecule has 0 saturated heterocycles. The van der Waals surface area contributed by atoms with Gasteiger partial charge in [-0.2, -0.15) is 0 Å². The minimum Gasteiger partial charge on any atom is -0.482 e. The number of carboxylic acids is 1. The molecule has 2 N–H and O–H groups in total. The van der Waals surface area contributed by atoms with Gasteiger partial charge in [-0.15, -0.1) is 0 Å². The lowest BCUT2D eigenvalue weighted by Gasteiger charge is -2.16. The molecule has 3 rings (SSSR count). The van der Waals surface area contributed by atoms with Crippen molar-refractivity contribution in [1.82, 2.24) is 5.32 Å². The highest BCUT2D eigenvalue weighted by Crippen LogP contribution is 2.48. The van der Waals surface area contributed by atoms with Gasteiger partial charge in [0.15, 0.2) is 6.61 Å². The van der Waals surface area contributed by atoms with Gasteiger partial charge in [0.05, 0.1) is 5.41 Å². The van der Waals surface area contributed by atoms with E-state index < -0.39 is 11.4 Å². The number of nitrogens with one attached hydrogen (secondary N) is 1. The molecule has 1 amide bonds. The number of halogens is 1. The summed E-state index contributed by atoms with van der Waals surface area (Å²) in [6.45, 7) is 0.123. The number of carbonyl (C=O) groups excluding carboxylic acids is 1. The minimum atomic E-state index is -1.02. The second kappa shape index (κ2) is 7.56. The van der Waals surface area contributed by atoms with Crippen LogP contribution in [0, 0.1) is 5.82 Å². The molecule has 26 heavy (non-hydrogen) atoms. The number of aliphatic carboxylic acids is 1. The summed E-state index contributed by atoms with van der Waals surface area (Å²) in [5.74, 6) is -0.855. The molecular formula is C20H20FNO4. The lowest BCUT2D eigenvalue weighted by Crippen LogP contribution is -2.35. The molecule has 1 saturated carbocycles. The molecular weight excluding hydrogens is 337 g/mol. The zero-order chi connectivity index (χ0) is 18.6. The Morgan fingerprint density at radius 3 is 2.31 bits per heavy atom. The van der Waals surface area contributed by atoms with E-state index in [1.807, 2.05) is 12.1 Å². The van der Waals surface area contributed by atoms with Crippen molar-refractivity contribution >= 4 is 11.9 Å². The van der Waals surface area contributed by atoms with Crippen LogP contribution >= 0.6 is 0 Å². The van der Waals surface area contributed by atoms with E-state index in [4.69, 9.17) is 9.84 Å². The van der Waals surface area contributed by atoms with Gasteiger partial charge in [0.25, 0.3) is 0 Å².